The van der Waals surface area contributed by atoms with Crippen LogP contribution in [0.25, 0.3) is 0 Å². The van der Waals surface area contributed by atoms with Crippen molar-refractivity contribution in [1.82, 2.24) is 14.5 Å². The van der Waals surface area contributed by atoms with Gasteiger partial charge in [-0.15, -0.1) is 0 Å². The Balaban J connectivity index is 2.38. The Bertz CT molecular complexity index is 1030. The molecule has 0 radical (unpaired) electrons. The molecule has 186 valence electrons. The number of likely N-dealkylation sites (N-methyl/N-ethyl adjacent to an activating group) is 1. The van der Waals surface area contributed by atoms with Gasteiger partial charge in [0, 0.05) is 45.3 Å². The number of hydrogen-bond acceptors (Lipinski definition) is 5. The summed E-state index contributed by atoms with van der Waals surface area (Å²) in [6.45, 7) is 0.631. The third kappa shape index (κ3) is 9.06. The van der Waals surface area contributed by atoms with E-state index in [0.717, 1.165) is 21.7 Å². The molecule has 0 bridgehead atoms. The van der Waals surface area contributed by atoms with E-state index in [4.69, 9.17) is 16.3 Å². The van der Waals surface area contributed by atoms with Gasteiger partial charge in [-0.3, -0.25) is 9.59 Å². The van der Waals surface area contributed by atoms with E-state index in [2.05, 4.69) is 5.32 Å². The molecule has 1 atom stereocenters. The van der Waals surface area contributed by atoms with E-state index >= 15 is 0 Å². The van der Waals surface area contributed by atoms with Gasteiger partial charge in [0.05, 0.1) is 12.8 Å². The Morgan fingerprint density at radius 2 is 1.71 bits per heavy atom. The van der Waals surface area contributed by atoms with Crippen molar-refractivity contribution in [1.29, 1.82) is 0 Å². The second-order valence-electron chi connectivity index (χ2n) is 8.01. The molecule has 0 unspecified atom stereocenters. The van der Waals surface area contributed by atoms with Gasteiger partial charge in [0.2, 0.25) is 21.8 Å². The number of sulfonamides is 1. The summed E-state index contributed by atoms with van der Waals surface area (Å²) in [5.74, 6) is -0.792. The largest absolute Gasteiger partial charge is 0.385 e. The molecule has 2 amide bonds. The van der Waals surface area contributed by atoms with Gasteiger partial charge in [-0.1, -0.05) is 54.1 Å². The Hall–Kier alpha value is -2.46. The summed E-state index contributed by atoms with van der Waals surface area (Å²) in [6, 6.07) is 15.5. The van der Waals surface area contributed by atoms with E-state index in [9.17, 15) is 18.0 Å². The summed E-state index contributed by atoms with van der Waals surface area (Å²) in [5, 5.41) is 3.44. The Labute approximate surface area is 206 Å². The molecule has 10 heteroatoms. The van der Waals surface area contributed by atoms with Gasteiger partial charge in [-0.25, -0.2) is 8.42 Å². The Kier molecular flexibility index (Phi) is 11.0. The number of benzene rings is 2. The zero-order valence-corrected chi connectivity index (χ0v) is 21.3. The van der Waals surface area contributed by atoms with Crippen molar-refractivity contribution < 1.29 is 22.7 Å². The number of nitrogens with zero attached hydrogens (tertiary/aromatic N) is 2. The summed E-state index contributed by atoms with van der Waals surface area (Å²) >= 11 is 6.00. The normalized spacial score (nSPS) is 12.4. The predicted molar refractivity (Wildman–Crippen MR) is 133 cm³/mol. The van der Waals surface area contributed by atoms with Crippen LogP contribution in [0.3, 0.4) is 0 Å². The molecule has 0 aliphatic carbocycles. The molecular formula is C24H32ClN3O5S. The Morgan fingerprint density at radius 3 is 2.29 bits per heavy atom. The average Bonchev–Trinajstić information content (AvgIpc) is 2.80. The summed E-state index contributed by atoms with van der Waals surface area (Å²) in [4.78, 5) is 28.1. The predicted octanol–water partition coefficient (Wildman–Crippen LogP) is 2.32. The number of amides is 2. The maximum atomic E-state index is 13.4. The van der Waals surface area contributed by atoms with Crippen LogP contribution in [0, 0.1) is 0 Å². The van der Waals surface area contributed by atoms with E-state index in [1.165, 1.54) is 11.9 Å². The number of carbonyl (C=O) groups is 2. The van der Waals surface area contributed by atoms with Gasteiger partial charge in [-0.2, -0.15) is 4.31 Å². The van der Waals surface area contributed by atoms with Crippen molar-refractivity contribution in [2.75, 3.05) is 40.1 Å². The molecule has 0 heterocycles. The van der Waals surface area contributed by atoms with Crippen molar-refractivity contribution in [3.8, 4) is 0 Å². The van der Waals surface area contributed by atoms with Crippen LogP contribution in [0.2, 0.25) is 5.02 Å². The second kappa shape index (κ2) is 13.4. The van der Waals surface area contributed by atoms with Crippen molar-refractivity contribution in [3.05, 3.63) is 70.7 Å². The van der Waals surface area contributed by atoms with Crippen molar-refractivity contribution in [3.63, 3.8) is 0 Å². The maximum absolute atomic E-state index is 13.4. The number of nitrogens with one attached hydrogen (secondary N) is 1. The summed E-state index contributed by atoms with van der Waals surface area (Å²) in [5.41, 5.74) is 1.65. The summed E-state index contributed by atoms with van der Waals surface area (Å²) in [7, 11) is -0.655. The zero-order valence-electron chi connectivity index (χ0n) is 19.7. The third-order valence-electron chi connectivity index (χ3n) is 5.29. The molecule has 0 spiro atoms. The van der Waals surface area contributed by atoms with Crippen LogP contribution < -0.4 is 5.32 Å². The quantitative estimate of drug-likeness (QED) is 0.418. The van der Waals surface area contributed by atoms with E-state index < -0.39 is 22.0 Å². The van der Waals surface area contributed by atoms with Gasteiger partial charge < -0.3 is 15.0 Å². The molecule has 0 aliphatic heterocycles. The molecule has 8 nitrogen and oxygen atoms in total. The molecule has 0 saturated carbocycles. The number of hydrogen-bond donors (Lipinski definition) is 1. The molecule has 0 aromatic heterocycles. The van der Waals surface area contributed by atoms with Crippen molar-refractivity contribution in [2.24, 2.45) is 0 Å². The highest BCUT2D eigenvalue weighted by molar-refractivity contribution is 7.88. The fraction of sp³-hybridized carbons (Fsp3) is 0.417. The zero-order chi connectivity index (χ0) is 25.1. The van der Waals surface area contributed by atoms with Crippen molar-refractivity contribution >= 4 is 33.4 Å². The fourth-order valence-electron chi connectivity index (χ4n) is 3.28. The SMILES string of the molecule is COCCCNC(=O)[C@H](Cc1ccccc1)N(Cc1ccc(Cl)cc1)C(=O)CN(C)S(C)(=O)=O. The van der Waals surface area contributed by atoms with Crippen LogP contribution in [0.1, 0.15) is 17.5 Å². The third-order valence-corrected chi connectivity index (χ3v) is 6.80. The second-order valence-corrected chi connectivity index (χ2v) is 10.5. The first-order valence-corrected chi connectivity index (χ1v) is 13.1. The molecule has 0 saturated heterocycles. The van der Waals surface area contributed by atoms with Gasteiger partial charge in [-0.05, 0) is 29.7 Å². The summed E-state index contributed by atoms with van der Waals surface area (Å²) in [6.07, 6.45) is 1.94. The van der Waals surface area contributed by atoms with Crippen LogP contribution >= 0.6 is 11.6 Å². The number of carbonyl (C=O) groups excluding carboxylic acids is 2. The highest BCUT2D eigenvalue weighted by Gasteiger charge is 2.31. The first-order chi connectivity index (χ1) is 16.1. The fourth-order valence-corrected chi connectivity index (χ4v) is 3.76. The Morgan fingerprint density at radius 1 is 1.06 bits per heavy atom. The maximum Gasteiger partial charge on any atom is 0.243 e. The summed E-state index contributed by atoms with van der Waals surface area (Å²) < 4.78 is 29.9. The molecule has 2 aromatic rings. The van der Waals surface area contributed by atoms with Crippen LogP contribution in [0.5, 0.6) is 0 Å². The monoisotopic (exact) mass is 509 g/mol. The number of methoxy groups -OCH3 is 1. The average molecular weight is 510 g/mol. The van der Waals surface area contributed by atoms with E-state index in [1.807, 2.05) is 30.3 Å². The smallest absolute Gasteiger partial charge is 0.243 e. The lowest BCUT2D eigenvalue weighted by molar-refractivity contribution is -0.141. The highest BCUT2D eigenvalue weighted by atomic mass is 35.5. The van der Waals surface area contributed by atoms with E-state index in [-0.39, 0.29) is 25.4 Å². The molecule has 2 rings (SSSR count). The van der Waals surface area contributed by atoms with Gasteiger partial charge in [0.1, 0.15) is 6.04 Å². The van der Waals surface area contributed by atoms with Crippen LogP contribution in [0.4, 0.5) is 0 Å². The lowest BCUT2D eigenvalue weighted by Gasteiger charge is -2.32. The molecule has 2 aromatic carbocycles. The van der Waals surface area contributed by atoms with Gasteiger partial charge >= 0.3 is 0 Å². The molecule has 0 aliphatic rings. The van der Waals surface area contributed by atoms with Crippen molar-refractivity contribution in [2.45, 2.75) is 25.4 Å². The van der Waals surface area contributed by atoms with Crippen LogP contribution in [-0.2, 0) is 37.3 Å². The van der Waals surface area contributed by atoms with Crippen LogP contribution in [-0.4, -0.2) is 75.6 Å². The molecular weight excluding hydrogens is 478 g/mol. The minimum absolute atomic E-state index is 0.122. The number of ether oxygens (including phenoxy) is 1. The molecule has 1 N–H and O–H groups in total. The highest BCUT2D eigenvalue weighted by Crippen LogP contribution is 2.17. The lowest BCUT2D eigenvalue weighted by Crippen LogP contribution is -2.53. The lowest BCUT2D eigenvalue weighted by atomic mass is 10.0. The minimum atomic E-state index is -3.58. The molecule has 34 heavy (non-hydrogen) atoms. The first-order valence-electron chi connectivity index (χ1n) is 10.9. The van der Waals surface area contributed by atoms with Gasteiger partial charge in [0.15, 0.2) is 0 Å². The topological polar surface area (TPSA) is 96.0 Å². The first kappa shape index (κ1) is 27.8. The van der Waals surface area contributed by atoms with Crippen LogP contribution in [0.15, 0.2) is 54.6 Å². The van der Waals surface area contributed by atoms with Gasteiger partial charge in [0.25, 0.3) is 0 Å². The van der Waals surface area contributed by atoms with E-state index in [1.54, 1.807) is 31.4 Å². The van der Waals surface area contributed by atoms with E-state index in [0.29, 0.717) is 24.6 Å². The standard InChI is InChI=1S/C24H32ClN3O5S/c1-27(34(3,31)32)18-23(29)28(17-20-10-12-21(25)13-11-20)22(16-19-8-5-4-6-9-19)24(30)26-14-7-15-33-2/h4-6,8-13,22H,7,14-18H2,1-3H3,(H,26,30)/t22-/m0/s1. The minimum Gasteiger partial charge on any atom is -0.385 e. The number of rotatable bonds is 13. The molecule has 0 fully saturated rings. The number of halogens is 1.